The van der Waals surface area contributed by atoms with E-state index in [0.29, 0.717) is 6.04 Å². The molecule has 0 bridgehead atoms. The first-order valence-corrected chi connectivity index (χ1v) is 7.44. The van der Waals surface area contributed by atoms with Crippen molar-refractivity contribution in [1.29, 1.82) is 0 Å². The Bertz CT molecular complexity index is 201. The van der Waals surface area contributed by atoms with E-state index < -0.39 is 0 Å². The maximum atomic E-state index is 3.74. The van der Waals surface area contributed by atoms with Crippen molar-refractivity contribution in [1.82, 2.24) is 10.2 Å². The van der Waals surface area contributed by atoms with Crippen LogP contribution in [-0.2, 0) is 0 Å². The summed E-state index contributed by atoms with van der Waals surface area (Å²) in [5.41, 5.74) is 0. The third-order valence-corrected chi connectivity index (χ3v) is 4.49. The fourth-order valence-corrected chi connectivity index (χ4v) is 2.78. The molecule has 0 aliphatic heterocycles. The van der Waals surface area contributed by atoms with Gasteiger partial charge in [0.1, 0.15) is 0 Å². The van der Waals surface area contributed by atoms with Crippen molar-refractivity contribution >= 4 is 0 Å². The molecule has 1 fully saturated rings. The van der Waals surface area contributed by atoms with Crippen LogP contribution in [0.5, 0.6) is 0 Å². The summed E-state index contributed by atoms with van der Waals surface area (Å²) >= 11 is 0. The molecule has 0 aromatic heterocycles. The molecule has 2 nitrogen and oxygen atoms in total. The second-order valence-corrected chi connectivity index (χ2v) is 6.39. The van der Waals surface area contributed by atoms with E-state index in [2.05, 4.69) is 45.0 Å². The summed E-state index contributed by atoms with van der Waals surface area (Å²) in [7, 11) is 2.25. The molecule has 3 unspecified atom stereocenters. The zero-order valence-electron chi connectivity index (χ0n) is 12.5. The third-order valence-electron chi connectivity index (χ3n) is 4.49. The van der Waals surface area contributed by atoms with E-state index >= 15 is 0 Å². The summed E-state index contributed by atoms with van der Waals surface area (Å²) in [6.45, 7) is 11.6. The van der Waals surface area contributed by atoms with Gasteiger partial charge in [0.2, 0.25) is 0 Å². The van der Waals surface area contributed by atoms with Crippen LogP contribution in [0.25, 0.3) is 0 Å². The van der Waals surface area contributed by atoms with Gasteiger partial charge in [-0.1, -0.05) is 33.6 Å². The molecule has 3 atom stereocenters. The number of hydrogen-bond donors (Lipinski definition) is 1. The van der Waals surface area contributed by atoms with Crippen LogP contribution in [0.3, 0.4) is 0 Å². The standard InChI is InChI=1S/C15H32N2/c1-12(2)14(4)17(5)10-9-16-15-8-6-7-13(3)11-15/h12-16H,6-11H2,1-5H3. The molecule has 0 radical (unpaired) electrons. The second kappa shape index (κ2) is 7.38. The van der Waals surface area contributed by atoms with Crippen LogP contribution in [0.15, 0.2) is 0 Å². The van der Waals surface area contributed by atoms with Crippen LogP contribution >= 0.6 is 0 Å². The summed E-state index contributed by atoms with van der Waals surface area (Å²) in [6, 6.07) is 1.46. The van der Waals surface area contributed by atoms with Gasteiger partial charge in [0.15, 0.2) is 0 Å². The quantitative estimate of drug-likeness (QED) is 0.767. The summed E-state index contributed by atoms with van der Waals surface area (Å²) in [6.07, 6.45) is 5.61. The Morgan fingerprint density at radius 3 is 2.53 bits per heavy atom. The molecule has 0 saturated heterocycles. The van der Waals surface area contributed by atoms with Crippen molar-refractivity contribution in [3.05, 3.63) is 0 Å². The van der Waals surface area contributed by atoms with Crippen LogP contribution in [0.2, 0.25) is 0 Å². The maximum Gasteiger partial charge on any atom is 0.0107 e. The average molecular weight is 240 g/mol. The van der Waals surface area contributed by atoms with Crippen molar-refractivity contribution in [2.75, 3.05) is 20.1 Å². The van der Waals surface area contributed by atoms with Crippen molar-refractivity contribution in [3.63, 3.8) is 0 Å². The molecular formula is C15H32N2. The first kappa shape index (κ1) is 15.0. The Kier molecular flexibility index (Phi) is 6.50. The van der Waals surface area contributed by atoms with Crippen LogP contribution in [0.1, 0.15) is 53.4 Å². The Morgan fingerprint density at radius 2 is 1.94 bits per heavy atom. The number of hydrogen-bond acceptors (Lipinski definition) is 2. The van der Waals surface area contributed by atoms with Gasteiger partial charge < -0.3 is 10.2 Å². The second-order valence-electron chi connectivity index (χ2n) is 6.39. The highest BCUT2D eigenvalue weighted by molar-refractivity contribution is 4.76. The summed E-state index contributed by atoms with van der Waals surface area (Å²) in [5.74, 6) is 1.67. The molecule has 1 aliphatic carbocycles. The molecule has 102 valence electrons. The van der Waals surface area contributed by atoms with Crippen LogP contribution < -0.4 is 5.32 Å². The Hall–Kier alpha value is -0.0800. The molecule has 0 spiro atoms. The lowest BCUT2D eigenvalue weighted by molar-refractivity contribution is 0.201. The lowest BCUT2D eigenvalue weighted by Crippen LogP contribution is -2.41. The molecule has 0 aromatic carbocycles. The summed E-state index contributed by atoms with van der Waals surface area (Å²) in [4.78, 5) is 2.48. The van der Waals surface area contributed by atoms with Gasteiger partial charge in [0.05, 0.1) is 0 Å². The predicted molar refractivity (Wildman–Crippen MR) is 76.4 cm³/mol. The minimum atomic E-state index is 0.682. The Morgan fingerprint density at radius 1 is 1.24 bits per heavy atom. The van der Waals surface area contributed by atoms with E-state index in [-0.39, 0.29) is 0 Å². The van der Waals surface area contributed by atoms with E-state index in [0.717, 1.165) is 24.4 Å². The molecule has 1 aliphatic rings. The minimum absolute atomic E-state index is 0.682. The van der Waals surface area contributed by atoms with E-state index in [4.69, 9.17) is 0 Å². The van der Waals surface area contributed by atoms with Crippen molar-refractivity contribution in [3.8, 4) is 0 Å². The summed E-state index contributed by atoms with van der Waals surface area (Å²) in [5, 5.41) is 3.74. The van der Waals surface area contributed by atoms with Crippen LogP contribution in [0.4, 0.5) is 0 Å². The fraction of sp³-hybridized carbons (Fsp3) is 1.00. The highest BCUT2D eigenvalue weighted by Gasteiger charge is 2.18. The molecule has 0 aromatic rings. The number of nitrogens with zero attached hydrogens (tertiary/aromatic N) is 1. The topological polar surface area (TPSA) is 15.3 Å². The summed E-state index contributed by atoms with van der Waals surface area (Å²) < 4.78 is 0. The Balaban J connectivity index is 2.14. The van der Waals surface area contributed by atoms with Gasteiger partial charge >= 0.3 is 0 Å². The average Bonchev–Trinajstić information content (AvgIpc) is 2.27. The molecule has 2 heteroatoms. The van der Waals surface area contributed by atoms with E-state index in [1.165, 1.54) is 32.2 Å². The van der Waals surface area contributed by atoms with Crippen molar-refractivity contribution in [2.24, 2.45) is 11.8 Å². The normalized spacial score (nSPS) is 27.7. The van der Waals surface area contributed by atoms with E-state index in [9.17, 15) is 0 Å². The lowest BCUT2D eigenvalue weighted by Gasteiger charge is -2.31. The van der Waals surface area contributed by atoms with E-state index in [1.807, 2.05) is 0 Å². The SMILES string of the molecule is CC1CCCC(NCCN(C)C(C)C(C)C)C1. The predicted octanol–water partition coefficient (Wildman–Crippen LogP) is 3.13. The number of rotatable bonds is 6. The highest BCUT2D eigenvalue weighted by atomic mass is 15.1. The molecule has 1 N–H and O–H groups in total. The van der Waals surface area contributed by atoms with Crippen LogP contribution in [-0.4, -0.2) is 37.1 Å². The Labute approximate surface area is 108 Å². The fourth-order valence-electron chi connectivity index (χ4n) is 2.78. The molecular weight excluding hydrogens is 208 g/mol. The van der Waals surface area contributed by atoms with Crippen LogP contribution in [0, 0.1) is 11.8 Å². The zero-order valence-corrected chi connectivity index (χ0v) is 12.5. The maximum absolute atomic E-state index is 3.74. The third kappa shape index (κ3) is 5.39. The molecule has 1 rings (SSSR count). The molecule has 0 heterocycles. The van der Waals surface area contributed by atoms with E-state index in [1.54, 1.807) is 0 Å². The van der Waals surface area contributed by atoms with Gasteiger partial charge in [-0.05, 0) is 38.6 Å². The van der Waals surface area contributed by atoms with Gasteiger partial charge in [-0.15, -0.1) is 0 Å². The minimum Gasteiger partial charge on any atom is -0.313 e. The lowest BCUT2D eigenvalue weighted by atomic mass is 9.87. The molecule has 0 amide bonds. The molecule has 17 heavy (non-hydrogen) atoms. The number of nitrogens with one attached hydrogen (secondary N) is 1. The smallest absolute Gasteiger partial charge is 0.0107 e. The van der Waals surface area contributed by atoms with Gasteiger partial charge in [-0.3, -0.25) is 0 Å². The van der Waals surface area contributed by atoms with Gasteiger partial charge in [-0.2, -0.15) is 0 Å². The number of likely N-dealkylation sites (N-methyl/N-ethyl adjacent to an activating group) is 1. The van der Waals surface area contributed by atoms with Crippen molar-refractivity contribution in [2.45, 2.75) is 65.5 Å². The van der Waals surface area contributed by atoms with Gasteiger partial charge in [0, 0.05) is 25.2 Å². The zero-order chi connectivity index (χ0) is 12.8. The largest absolute Gasteiger partial charge is 0.313 e. The first-order chi connectivity index (χ1) is 8.00. The first-order valence-electron chi connectivity index (χ1n) is 7.44. The van der Waals surface area contributed by atoms with Crippen molar-refractivity contribution < 1.29 is 0 Å². The highest BCUT2D eigenvalue weighted by Crippen LogP contribution is 2.23. The van der Waals surface area contributed by atoms with Gasteiger partial charge in [-0.25, -0.2) is 0 Å². The monoisotopic (exact) mass is 240 g/mol. The molecule has 1 saturated carbocycles. The van der Waals surface area contributed by atoms with Gasteiger partial charge in [0.25, 0.3) is 0 Å².